The van der Waals surface area contributed by atoms with Crippen LogP contribution in [0, 0.1) is 0 Å². The minimum absolute atomic E-state index is 0.511. The molecule has 1 aliphatic carbocycles. The van der Waals surface area contributed by atoms with Crippen molar-refractivity contribution in [3.63, 3.8) is 0 Å². The Morgan fingerprint density at radius 2 is 1.80 bits per heavy atom. The molecule has 0 spiro atoms. The van der Waals surface area contributed by atoms with Crippen molar-refractivity contribution < 1.29 is 9.47 Å². The van der Waals surface area contributed by atoms with E-state index in [4.69, 9.17) is 9.47 Å². The van der Waals surface area contributed by atoms with Crippen molar-refractivity contribution in [3.05, 3.63) is 0 Å². The van der Waals surface area contributed by atoms with Crippen LogP contribution in [0.15, 0.2) is 0 Å². The Morgan fingerprint density at radius 1 is 1.07 bits per heavy atom. The van der Waals surface area contributed by atoms with E-state index in [9.17, 15) is 0 Å². The van der Waals surface area contributed by atoms with Crippen molar-refractivity contribution in [1.29, 1.82) is 0 Å². The largest absolute Gasteiger partial charge is 0.385 e. The molecule has 0 aromatic carbocycles. The van der Waals surface area contributed by atoms with Crippen LogP contribution in [-0.2, 0) is 9.47 Å². The predicted octanol–water partition coefficient (Wildman–Crippen LogP) is 1.96. The lowest BCUT2D eigenvalue weighted by molar-refractivity contribution is 0.0625. The maximum atomic E-state index is 5.35. The quantitative estimate of drug-likeness (QED) is 0.659. The number of methoxy groups -OCH3 is 2. The first kappa shape index (κ1) is 12.9. The van der Waals surface area contributed by atoms with Crippen molar-refractivity contribution in [2.75, 3.05) is 27.4 Å². The normalized spacial score (nSPS) is 26.8. The number of ether oxygens (including phenoxy) is 2. The molecule has 0 atom stereocenters. The molecule has 0 unspecified atom stereocenters. The van der Waals surface area contributed by atoms with Gasteiger partial charge in [-0.15, -0.1) is 0 Å². The third-order valence-electron chi connectivity index (χ3n) is 3.22. The summed E-state index contributed by atoms with van der Waals surface area (Å²) in [5, 5.41) is 3.61. The molecule has 0 bridgehead atoms. The summed E-state index contributed by atoms with van der Waals surface area (Å²) < 4.78 is 10.4. The van der Waals surface area contributed by atoms with Gasteiger partial charge in [0, 0.05) is 26.9 Å². The lowest BCUT2D eigenvalue weighted by Gasteiger charge is -2.28. The summed E-state index contributed by atoms with van der Waals surface area (Å²) in [6, 6.07) is 0.721. The first-order chi connectivity index (χ1) is 7.36. The van der Waals surface area contributed by atoms with E-state index in [1.165, 1.54) is 32.1 Å². The van der Waals surface area contributed by atoms with Crippen molar-refractivity contribution in [2.24, 2.45) is 0 Å². The molecule has 3 nitrogen and oxygen atoms in total. The van der Waals surface area contributed by atoms with Crippen LogP contribution in [0.1, 0.15) is 38.5 Å². The Labute approximate surface area is 93.5 Å². The molecule has 15 heavy (non-hydrogen) atoms. The highest BCUT2D eigenvalue weighted by Gasteiger charge is 2.19. The third-order valence-corrected chi connectivity index (χ3v) is 3.22. The van der Waals surface area contributed by atoms with Gasteiger partial charge in [-0.3, -0.25) is 0 Å². The topological polar surface area (TPSA) is 30.5 Å². The van der Waals surface area contributed by atoms with E-state index in [1.807, 2.05) is 7.11 Å². The monoisotopic (exact) mass is 215 g/mol. The summed E-state index contributed by atoms with van der Waals surface area (Å²) in [6.07, 6.45) is 7.86. The lowest BCUT2D eigenvalue weighted by atomic mass is 9.93. The SMILES string of the molecule is COCCCCNC1CCC(OC)CC1. The molecular weight excluding hydrogens is 190 g/mol. The molecular formula is C12H25NO2. The Kier molecular flexibility index (Phi) is 6.98. The van der Waals surface area contributed by atoms with Gasteiger partial charge in [0.2, 0.25) is 0 Å². The highest BCUT2D eigenvalue weighted by Crippen LogP contribution is 2.20. The molecule has 1 N–H and O–H groups in total. The molecule has 1 aliphatic rings. The molecule has 90 valence electrons. The molecule has 0 aromatic rings. The van der Waals surface area contributed by atoms with Crippen molar-refractivity contribution >= 4 is 0 Å². The van der Waals surface area contributed by atoms with Gasteiger partial charge in [0.25, 0.3) is 0 Å². The number of nitrogens with one attached hydrogen (secondary N) is 1. The van der Waals surface area contributed by atoms with Gasteiger partial charge >= 0.3 is 0 Å². The second-order valence-corrected chi connectivity index (χ2v) is 4.36. The second-order valence-electron chi connectivity index (χ2n) is 4.36. The van der Waals surface area contributed by atoms with Crippen LogP contribution in [0.2, 0.25) is 0 Å². The van der Waals surface area contributed by atoms with Gasteiger partial charge in [0.1, 0.15) is 0 Å². The van der Waals surface area contributed by atoms with Gasteiger partial charge in [-0.2, -0.15) is 0 Å². The van der Waals surface area contributed by atoms with Crippen LogP contribution in [0.25, 0.3) is 0 Å². The molecule has 0 radical (unpaired) electrons. The zero-order chi connectivity index (χ0) is 10.9. The van der Waals surface area contributed by atoms with Gasteiger partial charge in [0.05, 0.1) is 6.10 Å². The molecule has 0 aromatic heterocycles. The van der Waals surface area contributed by atoms with Gasteiger partial charge < -0.3 is 14.8 Å². The van der Waals surface area contributed by atoms with E-state index >= 15 is 0 Å². The summed E-state index contributed by atoms with van der Waals surface area (Å²) in [7, 11) is 3.59. The summed E-state index contributed by atoms with van der Waals surface area (Å²) >= 11 is 0. The Balaban J connectivity index is 1.94. The van der Waals surface area contributed by atoms with E-state index in [0.29, 0.717) is 6.10 Å². The molecule has 1 fully saturated rings. The van der Waals surface area contributed by atoms with Gasteiger partial charge in [0.15, 0.2) is 0 Å². The molecule has 0 heterocycles. The van der Waals surface area contributed by atoms with E-state index in [2.05, 4.69) is 5.32 Å². The van der Waals surface area contributed by atoms with Crippen LogP contribution < -0.4 is 5.32 Å². The maximum absolute atomic E-state index is 5.35. The zero-order valence-electron chi connectivity index (χ0n) is 10.1. The highest BCUT2D eigenvalue weighted by molar-refractivity contribution is 4.77. The van der Waals surface area contributed by atoms with Crippen LogP contribution in [0.4, 0.5) is 0 Å². The lowest BCUT2D eigenvalue weighted by Crippen LogP contribution is -2.35. The van der Waals surface area contributed by atoms with Gasteiger partial charge in [-0.1, -0.05) is 0 Å². The fraction of sp³-hybridized carbons (Fsp3) is 1.00. The Hall–Kier alpha value is -0.120. The van der Waals surface area contributed by atoms with Crippen molar-refractivity contribution in [1.82, 2.24) is 5.32 Å². The minimum atomic E-state index is 0.511. The van der Waals surface area contributed by atoms with Gasteiger partial charge in [-0.05, 0) is 45.1 Å². The Morgan fingerprint density at radius 3 is 2.40 bits per heavy atom. The van der Waals surface area contributed by atoms with Crippen molar-refractivity contribution in [2.45, 2.75) is 50.7 Å². The zero-order valence-corrected chi connectivity index (χ0v) is 10.1. The van der Waals surface area contributed by atoms with Crippen LogP contribution in [0.5, 0.6) is 0 Å². The number of hydrogen-bond acceptors (Lipinski definition) is 3. The van der Waals surface area contributed by atoms with E-state index < -0.39 is 0 Å². The predicted molar refractivity (Wildman–Crippen MR) is 62.2 cm³/mol. The summed E-state index contributed by atoms with van der Waals surface area (Å²) in [4.78, 5) is 0. The third kappa shape index (κ3) is 5.50. The Bertz CT molecular complexity index is 145. The van der Waals surface area contributed by atoms with Crippen LogP contribution in [0.3, 0.4) is 0 Å². The standard InChI is InChI=1S/C12H25NO2/c1-14-10-4-3-9-13-11-5-7-12(15-2)8-6-11/h11-13H,3-10H2,1-2H3. The molecule has 0 aliphatic heterocycles. The minimum Gasteiger partial charge on any atom is -0.385 e. The molecule has 0 amide bonds. The average Bonchev–Trinajstić information content (AvgIpc) is 2.30. The van der Waals surface area contributed by atoms with Crippen molar-refractivity contribution in [3.8, 4) is 0 Å². The van der Waals surface area contributed by atoms with E-state index in [1.54, 1.807) is 7.11 Å². The molecule has 1 rings (SSSR count). The summed E-state index contributed by atoms with van der Waals surface area (Å²) in [5.41, 5.74) is 0. The first-order valence-corrected chi connectivity index (χ1v) is 6.12. The van der Waals surface area contributed by atoms with Gasteiger partial charge in [-0.25, -0.2) is 0 Å². The molecule has 0 saturated heterocycles. The fourth-order valence-electron chi connectivity index (χ4n) is 2.18. The first-order valence-electron chi connectivity index (χ1n) is 6.12. The van der Waals surface area contributed by atoms with E-state index in [-0.39, 0.29) is 0 Å². The smallest absolute Gasteiger partial charge is 0.0572 e. The van der Waals surface area contributed by atoms with Crippen LogP contribution in [-0.4, -0.2) is 39.5 Å². The number of hydrogen-bond donors (Lipinski definition) is 1. The maximum Gasteiger partial charge on any atom is 0.0572 e. The van der Waals surface area contributed by atoms with Crippen LogP contribution >= 0.6 is 0 Å². The molecule has 1 saturated carbocycles. The summed E-state index contributed by atoms with van der Waals surface area (Å²) in [6.45, 7) is 2.02. The second kappa shape index (κ2) is 8.08. The molecule has 3 heteroatoms. The average molecular weight is 215 g/mol. The highest BCUT2D eigenvalue weighted by atomic mass is 16.5. The number of unbranched alkanes of at least 4 members (excludes halogenated alkanes) is 1. The fourth-order valence-corrected chi connectivity index (χ4v) is 2.18. The van der Waals surface area contributed by atoms with E-state index in [0.717, 1.165) is 25.6 Å². The summed E-state index contributed by atoms with van der Waals surface area (Å²) in [5.74, 6) is 0. The number of rotatable bonds is 7.